The largest absolute Gasteiger partial charge is 0.300 e. The minimum absolute atomic E-state index is 0.0180. The number of rotatable bonds is 1. The van der Waals surface area contributed by atoms with Crippen LogP contribution in [0.4, 0.5) is 8.78 Å². The monoisotopic (exact) mass is 235 g/mol. The first-order valence-electron chi connectivity index (χ1n) is 5.52. The minimum atomic E-state index is -0.820. The van der Waals surface area contributed by atoms with Crippen LogP contribution >= 0.6 is 0 Å². The highest BCUT2D eigenvalue weighted by Gasteiger charge is 2.22. The van der Waals surface area contributed by atoms with Gasteiger partial charge in [0.1, 0.15) is 29.1 Å². The molecule has 0 heterocycles. The third-order valence-electron chi connectivity index (χ3n) is 3.19. The number of hydrogen-bond acceptors (Lipinski definition) is 2. The van der Waals surface area contributed by atoms with Crippen LogP contribution in [0.2, 0.25) is 0 Å². The van der Waals surface area contributed by atoms with Gasteiger partial charge in [0.2, 0.25) is 0 Å². The van der Waals surface area contributed by atoms with Crippen LogP contribution in [0.15, 0.2) is 12.1 Å². The van der Waals surface area contributed by atoms with Crippen molar-refractivity contribution in [3.8, 4) is 6.07 Å². The molecule has 0 radical (unpaired) electrons. The van der Waals surface area contributed by atoms with E-state index in [4.69, 9.17) is 5.26 Å². The van der Waals surface area contributed by atoms with E-state index in [2.05, 4.69) is 0 Å². The van der Waals surface area contributed by atoms with Gasteiger partial charge >= 0.3 is 0 Å². The third kappa shape index (κ3) is 2.33. The van der Waals surface area contributed by atoms with Crippen LogP contribution < -0.4 is 0 Å². The predicted molar refractivity (Wildman–Crippen MR) is 57.3 cm³/mol. The summed E-state index contributed by atoms with van der Waals surface area (Å²) < 4.78 is 26.8. The van der Waals surface area contributed by atoms with Gasteiger partial charge in [-0.1, -0.05) is 0 Å². The third-order valence-corrected chi connectivity index (χ3v) is 3.19. The molecule has 1 aromatic carbocycles. The maximum atomic E-state index is 13.4. The summed E-state index contributed by atoms with van der Waals surface area (Å²) in [7, 11) is 0. The second-order valence-electron chi connectivity index (χ2n) is 4.28. The van der Waals surface area contributed by atoms with Gasteiger partial charge in [0.05, 0.1) is 0 Å². The minimum Gasteiger partial charge on any atom is -0.300 e. The lowest BCUT2D eigenvalue weighted by Crippen LogP contribution is -2.13. The molecular weight excluding hydrogens is 224 g/mol. The van der Waals surface area contributed by atoms with Crippen LogP contribution in [-0.4, -0.2) is 5.78 Å². The standard InChI is InChI=1S/C13H11F2NO/c14-12-5-9(6-13(15)11(12)7-16)8-1-3-10(17)4-2-8/h5-6,8H,1-4H2. The molecule has 2 rings (SSSR count). The summed E-state index contributed by atoms with van der Waals surface area (Å²) in [6.45, 7) is 0. The average Bonchev–Trinajstić information content (AvgIpc) is 2.29. The van der Waals surface area contributed by atoms with Gasteiger partial charge in [-0.2, -0.15) is 5.26 Å². The van der Waals surface area contributed by atoms with Crippen LogP contribution in [0.25, 0.3) is 0 Å². The zero-order valence-corrected chi connectivity index (χ0v) is 9.17. The van der Waals surface area contributed by atoms with E-state index in [1.807, 2.05) is 0 Å². The Kier molecular flexibility index (Phi) is 3.19. The molecule has 4 heteroatoms. The number of ketones is 1. The molecule has 0 atom stereocenters. The molecule has 0 amide bonds. The number of nitriles is 1. The normalized spacial score (nSPS) is 16.9. The Labute approximate surface area is 97.9 Å². The SMILES string of the molecule is N#Cc1c(F)cc(C2CCC(=O)CC2)cc1F. The summed E-state index contributed by atoms with van der Waals surface area (Å²) in [5.74, 6) is -1.42. The summed E-state index contributed by atoms with van der Waals surface area (Å²) in [5, 5.41) is 8.56. The van der Waals surface area contributed by atoms with Crippen LogP contribution in [0.1, 0.15) is 42.7 Å². The van der Waals surface area contributed by atoms with Gasteiger partial charge < -0.3 is 0 Å². The van der Waals surface area contributed by atoms with Crippen LogP contribution in [0, 0.1) is 23.0 Å². The molecule has 1 saturated carbocycles. The number of halogens is 2. The summed E-state index contributed by atoms with van der Waals surface area (Å²) in [4.78, 5) is 11.1. The summed E-state index contributed by atoms with van der Waals surface area (Å²) >= 11 is 0. The first-order chi connectivity index (χ1) is 8.11. The molecule has 2 nitrogen and oxygen atoms in total. The van der Waals surface area contributed by atoms with Crippen molar-refractivity contribution in [2.45, 2.75) is 31.6 Å². The number of carbonyl (C=O) groups excluding carboxylic acids is 1. The molecule has 1 aliphatic carbocycles. The van der Waals surface area contributed by atoms with Gasteiger partial charge in [-0.05, 0) is 36.5 Å². The molecule has 0 N–H and O–H groups in total. The highest BCUT2D eigenvalue weighted by molar-refractivity contribution is 5.79. The molecule has 0 aliphatic heterocycles. The van der Waals surface area contributed by atoms with Crippen molar-refractivity contribution in [3.63, 3.8) is 0 Å². The molecule has 1 fully saturated rings. The Bertz CT molecular complexity index is 472. The van der Waals surface area contributed by atoms with Gasteiger partial charge in [-0.3, -0.25) is 4.79 Å². The van der Waals surface area contributed by atoms with Crippen molar-refractivity contribution in [3.05, 3.63) is 34.9 Å². The van der Waals surface area contributed by atoms with E-state index in [0.717, 1.165) is 0 Å². The lowest BCUT2D eigenvalue weighted by molar-refractivity contribution is -0.120. The van der Waals surface area contributed by atoms with Gasteiger partial charge in [-0.25, -0.2) is 8.78 Å². The van der Waals surface area contributed by atoms with Crippen molar-refractivity contribution in [1.29, 1.82) is 5.26 Å². The van der Waals surface area contributed by atoms with Crippen molar-refractivity contribution in [1.82, 2.24) is 0 Å². The van der Waals surface area contributed by atoms with Crippen molar-refractivity contribution in [2.75, 3.05) is 0 Å². The van der Waals surface area contributed by atoms with Gasteiger partial charge in [0, 0.05) is 12.8 Å². The average molecular weight is 235 g/mol. The van der Waals surface area contributed by atoms with Gasteiger partial charge in [0.25, 0.3) is 0 Å². The van der Waals surface area contributed by atoms with Gasteiger partial charge in [-0.15, -0.1) is 0 Å². The van der Waals surface area contributed by atoms with Crippen LogP contribution in [-0.2, 0) is 4.79 Å². The molecule has 0 unspecified atom stereocenters. The molecular formula is C13H11F2NO. The second-order valence-corrected chi connectivity index (χ2v) is 4.28. The van der Waals surface area contributed by atoms with Crippen LogP contribution in [0.3, 0.4) is 0 Å². The lowest BCUT2D eigenvalue weighted by Gasteiger charge is -2.21. The number of carbonyl (C=O) groups is 1. The number of hydrogen-bond donors (Lipinski definition) is 0. The number of benzene rings is 1. The summed E-state index contributed by atoms with van der Waals surface area (Å²) in [6.07, 6.45) is 2.19. The van der Waals surface area contributed by atoms with Crippen molar-refractivity contribution in [2.24, 2.45) is 0 Å². The van der Waals surface area contributed by atoms with E-state index in [0.29, 0.717) is 31.2 Å². The summed E-state index contributed by atoms with van der Waals surface area (Å²) in [6, 6.07) is 3.92. The van der Waals surface area contributed by atoms with E-state index < -0.39 is 17.2 Å². The number of Topliss-reactive ketones (excluding diaryl/α,β-unsaturated/α-hetero) is 1. The highest BCUT2D eigenvalue weighted by atomic mass is 19.1. The highest BCUT2D eigenvalue weighted by Crippen LogP contribution is 2.32. The Morgan fingerprint density at radius 2 is 1.71 bits per heavy atom. The van der Waals surface area contributed by atoms with E-state index in [-0.39, 0.29) is 11.7 Å². The molecule has 0 saturated heterocycles. The van der Waals surface area contributed by atoms with Crippen LogP contribution in [0.5, 0.6) is 0 Å². The quantitative estimate of drug-likeness (QED) is 0.750. The van der Waals surface area contributed by atoms with E-state index in [9.17, 15) is 13.6 Å². The molecule has 0 aromatic heterocycles. The van der Waals surface area contributed by atoms with Crippen molar-refractivity contribution >= 4 is 5.78 Å². The van der Waals surface area contributed by atoms with E-state index >= 15 is 0 Å². The second kappa shape index (κ2) is 4.62. The zero-order valence-electron chi connectivity index (χ0n) is 9.17. The fraction of sp³-hybridized carbons (Fsp3) is 0.385. The Morgan fingerprint density at radius 1 is 1.18 bits per heavy atom. The van der Waals surface area contributed by atoms with E-state index in [1.165, 1.54) is 18.2 Å². The maximum Gasteiger partial charge on any atom is 0.144 e. The topological polar surface area (TPSA) is 40.9 Å². The Hall–Kier alpha value is -1.76. The summed E-state index contributed by atoms with van der Waals surface area (Å²) in [5.41, 5.74) is 0.00661. The molecule has 88 valence electrons. The van der Waals surface area contributed by atoms with Gasteiger partial charge in [0.15, 0.2) is 0 Å². The lowest BCUT2D eigenvalue weighted by atomic mass is 9.83. The molecule has 1 aromatic rings. The molecule has 17 heavy (non-hydrogen) atoms. The fourth-order valence-electron chi connectivity index (χ4n) is 2.21. The molecule has 1 aliphatic rings. The molecule has 0 bridgehead atoms. The smallest absolute Gasteiger partial charge is 0.144 e. The molecule has 0 spiro atoms. The predicted octanol–water partition coefficient (Wildman–Crippen LogP) is 3.06. The first kappa shape index (κ1) is 11.7. The maximum absolute atomic E-state index is 13.4. The fourth-order valence-corrected chi connectivity index (χ4v) is 2.21. The van der Waals surface area contributed by atoms with Crippen molar-refractivity contribution < 1.29 is 13.6 Å². The Balaban J connectivity index is 2.29. The zero-order chi connectivity index (χ0) is 12.4. The Morgan fingerprint density at radius 3 is 2.18 bits per heavy atom. The first-order valence-corrected chi connectivity index (χ1v) is 5.52. The number of nitrogens with zero attached hydrogens (tertiary/aromatic N) is 1. The van der Waals surface area contributed by atoms with E-state index in [1.54, 1.807) is 0 Å².